The van der Waals surface area contributed by atoms with Crippen LogP contribution in [0, 0.1) is 5.82 Å². The van der Waals surface area contributed by atoms with E-state index in [4.69, 9.17) is 10.5 Å². The van der Waals surface area contributed by atoms with Gasteiger partial charge < -0.3 is 10.5 Å². The molecular formula is C12H10FN3O3. The smallest absolute Gasteiger partial charge is 0.275 e. The van der Waals surface area contributed by atoms with E-state index in [0.717, 1.165) is 10.7 Å². The average molecular weight is 263 g/mol. The van der Waals surface area contributed by atoms with Crippen molar-refractivity contribution in [1.82, 2.24) is 9.78 Å². The molecule has 0 saturated heterocycles. The largest absolute Gasteiger partial charge is 0.494 e. The standard InChI is InChI=1S/C12H10FN3O3/c1-19-9-6-10(17)16(15-11(9)12(14)18)8-4-2-7(13)3-5-8/h2-6H,1H3,(H2,14,18). The van der Waals surface area contributed by atoms with Crippen LogP contribution >= 0.6 is 0 Å². The molecule has 7 heteroatoms. The van der Waals surface area contributed by atoms with Crippen molar-refractivity contribution in [2.45, 2.75) is 0 Å². The fourth-order valence-corrected chi connectivity index (χ4v) is 1.53. The molecule has 0 atom stereocenters. The molecule has 2 rings (SSSR count). The quantitative estimate of drug-likeness (QED) is 0.872. The molecule has 0 bridgehead atoms. The summed E-state index contributed by atoms with van der Waals surface area (Å²) in [5.74, 6) is -1.27. The number of nitrogens with two attached hydrogens (primary N) is 1. The number of benzene rings is 1. The van der Waals surface area contributed by atoms with E-state index in [2.05, 4.69) is 5.10 Å². The number of methoxy groups -OCH3 is 1. The zero-order valence-corrected chi connectivity index (χ0v) is 9.96. The maximum Gasteiger partial charge on any atom is 0.275 e. The molecule has 19 heavy (non-hydrogen) atoms. The van der Waals surface area contributed by atoms with Gasteiger partial charge in [0.25, 0.3) is 11.5 Å². The Morgan fingerprint density at radius 2 is 2.00 bits per heavy atom. The van der Waals surface area contributed by atoms with Crippen molar-refractivity contribution >= 4 is 5.91 Å². The third-order valence-corrected chi connectivity index (χ3v) is 2.42. The number of rotatable bonds is 3. The summed E-state index contributed by atoms with van der Waals surface area (Å²) in [5, 5.41) is 3.82. The molecule has 2 aromatic rings. The van der Waals surface area contributed by atoms with Crippen LogP contribution in [0.1, 0.15) is 10.5 Å². The molecule has 0 spiro atoms. The zero-order valence-electron chi connectivity index (χ0n) is 9.96. The van der Waals surface area contributed by atoms with Gasteiger partial charge in [-0.1, -0.05) is 0 Å². The number of carbonyl (C=O) groups is 1. The number of nitrogens with zero attached hydrogens (tertiary/aromatic N) is 2. The van der Waals surface area contributed by atoms with Crippen LogP contribution in [0.25, 0.3) is 5.69 Å². The van der Waals surface area contributed by atoms with Crippen molar-refractivity contribution in [3.63, 3.8) is 0 Å². The van der Waals surface area contributed by atoms with Gasteiger partial charge in [-0.05, 0) is 24.3 Å². The van der Waals surface area contributed by atoms with Gasteiger partial charge >= 0.3 is 0 Å². The Bertz CT molecular complexity index is 680. The maximum atomic E-state index is 12.8. The van der Waals surface area contributed by atoms with E-state index >= 15 is 0 Å². The second-order valence-electron chi connectivity index (χ2n) is 3.65. The Balaban J connectivity index is 2.64. The van der Waals surface area contributed by atoms with Crippen molar-refractivity contribution in [3.05, 3.63) is 52.2 Å². The topological polar surface area (TPSA) is 87.2 Å². The summed E-state index contributed by atoms with van der Waals surface area (Å²) < 4.78 is 18.6. The Morgan fingerprint density at radius 3 is 2.53 bits per heavy atom. The van der Waals surface area contributed by atoms with Gasteiger partial charge in [0, 0.05) is 0 Å². The molecule has 98 valence electrons. The van der Waals surface area contributed by atoms with Crippen LogP contribution in [0.5, 0.6) is 5.75 Å². The van der Waals surface area contributed by atoms with Gasteiger partial charge in [-0.2, -0.15) is 9.78 Å². The molecule has 0 saturated carbocycles. The predicted octanol–water partition coefficient (Wildman–Crippen LogP) is 0.479. The number of hydrogen-bond acceptors (Lipinski definition) is 4. The molecule has 0 fully saturated rings. The van der Waals surface area contributed by atoms with E-state index in [1.54, 1.807) is 0 Å². The second kappa shape index (κ2) is 4.89. The number of carbonyl (C=O) groups excluding carboxylic acids is 1. The molecule has 0 unspecified atom stereocenters. The Kier molecular flexibility index (Phi) is 3.28. The van der Waals surface area contributed by atoms with E-state index in [9.17, 15) is 14.0 Å². The summed E-state index contributed by atoms with van der Waals surface area (Å²) in [6.07, 6.45) is 0. The van der Waals surface area contributed by atoms with Gasteiger partial charge in [0.05, 0.1) is 18.9 Å². The monoisotopic (exact) mass is 263 g/mol. The Labute approximate surface area is 107 Å². The molecule has 6 nitrogen and oxygen atoms in total. The number of hydrogen-bond donors (Lipinski definition) is 1. The first-order chi connectivity index (χ1) is 9.02. The summed E-state index contributed by atoms with van der Waals surface area (Å²) in [4.78, 5) is 23.1. The van der Waals surface area contributed by atoms with Crippen molar-refractivity contribution in [1.29, 1.82) is 0 Å². The Morgan fingerprint density at radius 1 is 1.37 bits per heavy atom. The lowest BCUT2D eigenvalue weighted by Gasteiger charge is -2.08. The molecule has 1 amide bonds. The zero-order chi connectivity index (χ0) is 14.0. The van der Waals surface area contributed by atoms with Crippen LogP contribution in [0.15, 0.2) is 35.1 Å². The SMILES string of the molecule is COc1cc(=O)n(-c2ccc(F)cc2)nc1C(N)=O. The highest BCUT2D eigenvalue weighted by Crippen LogP contribution is 2.13. The minimum Gasteiger partial charge on any atom is -0.494 e. The number of primary amides is 1. The first-order valence-electron chi connectivity index (χ1n) is 5.27. The lowest BCUT2D eigenvalue weighted by molar-refractivity contribution is 0.0990. The molecule has 1 heterocycles. The fourth-order valence-electron chi connectivity index (χ4n) is 1.53. The molecular weight excluding hydrogens is 253 g/mol. The number of amides is 1. The molecule has 0 aliphatic rings. The van der Waals surface area contributed by atoms with Gasteiger partial charge in [-0.3, -0.25) is 9.59 Å². The van der Waals surface area contributed by atoms with Crippen LogP contribution in [0.3, 0.4) is 0 Å². The van der Waals surface area contributed by atoms with Crippen molar-refractivity contribution in [3.8, 4) is 11.4 Å². The van der Waals surface area contributed by atoms with Crippen LogP contribution in [0.4, 0.5) is 4.39 Å². The summed E-state index contributed by atoms with van der Waals surface area (Å²) in [6.45, 7) is 0. The summed E-state index contributed by atoms with van der Waals surface area (Å²) in [6, 6.07) is 6.17. The van der Waals surface area contributed by atoms with Gasteiger partial charge in [0.2, 0.25) is 0 Å². The highest BCUT2D eigenvalue weighted by Gasteiger charge is 2.15. The number of halogens is 1. The highest BCUT2D eigenvalue weighted by atomic mass is 19.1. The van der Waals surface area contributed by atoms with E-state index in [1.807, 2.05) is 0 Å². The minimum atomic E-state index is -0.826. The first-order valence-corrected chi connectivity index (χ1v) is 5.27. The van der Waals surface area contributed by atoms with E-state index in [1.165, 1.54) is 31.4 Å². The predicted molar refractivity (Wildman–Crippen MR) is 64.9 cm³/mol. The third-order valence-electron chi connectivity index (χ3n) is 2.42. The van der Waals surface area contributed by atoms with Gasteiger partial charge in [0.15, 0.2) is 11.4 Å². The van der Waals surface area contributed by atoms with Crippen LogP contribution in [0.2, 0.25) is 0 Å². The average Bonchev–Trinajstić information content (AvgIpc) is 2.39. The van der Waals surface area contributed by atoms with Crippen LogP contribution < -0.4 is 16.0 Å². The number of ether oxygens (including phenoxy) is 1. The van der Waals surface area contributed by atoms with E-state index < -0.39 is 17.3 Å². The van der Waals surface area contributed by atoms with Crippen molar-refractivity contribution < 1.29 is 13.9 Å². The first kappa shape index (κ1) is 12.7. The van der Waals surface area contributed by atoms with Crippen LogP contribution in [-0.4, -0.2) is 22.8 Å². The Hall–Kier alpha value is -2.70. The lowest BCUT2D eigenvalue weighted by Crippen LogP contribution is -2.26. The highest BCUT2D eigenvalue weighted by molar-refractivity contribution is 5.93. The summed E-state index contributed by atoms with van der Waals surface area (Å²) in [7, 11) is 1.30. The third kappa shape index (κ3) is 2.44. The van der Waals surface area contributed by atoms with Gasteiger partial charge in [-0.25, -0.2) is 4.39 Å². The second-order valence-corrected chi connectivity index (χ2v) is 3.65. The summed E-state index contributed by atoms with van der Waals surface area (Å²) in [5.41, 5.74) is 4.78. The van der Waals surface area contributed by atoms with E-state index in [-0.39, 0.29) is 11.4 Å². The molecule has 2 N–H and O–H groups in total. The van der Waals surface area contributed by atoms with Gasteiger partial charge in [-0.15, -0.1) is 0 Å². The van der Waals surface area contributed by atoms with Crippen molar-refractivity contribution in [2.24, 2.45) is 5.73 Å². The van der Waals surface area contributed by atoms with Gasteiger partial charge in [0.1, 0.15) is 5.82 Å². The normalized spacial score (nSPS) is 10.2. The summed E-state index contributed by atoms with van der Waals surface area (Å²) >= 11 is 0. The fraction of sp³-hybridized carbons (Fsp3) is 0.0833. The molecule has 0 aliphatic heterocycles. The maximum absolute atomic E-state index is 12.8. The molecule has 0 radical (unpaired) electrons. The number of aromatic nitrogens is 2. The molecule has 1 aromatic carbocycles. The minimum absolute atomic E-state index is 0.00383. The van der Waals surface area contributed by atoms with Crippen LogP contribution in [-0.2, 0) is 0 Å². The van der Waals surface area contributed by atoms with Crippen molar-refractivity contribution in [2.75, 3.05) is 7.11 Å². The lowest BCUT2D eigenvalue weighted by atomic mass is 10.3. The van der Waals surface area contributed by atoms with E-state index in [0.29, 0.717) is 5.69 Å². The molecule has 0 aliphatic carbocycles. The molecule has 1 aromatic heterocycles.